The predicted molar refractivity (Wildman–Crippen MR) is 115 cm³/mol. The monoisotopic (exact) mass is 460 g/mol. The highest BCUT2D eigenvalue weighted by atomic mass is 19.1. The van der Waals surface area contributed by atoms with Gasteiger partial charge in [0.15, 0.2) is 17.2 Å². The fourth-order valence-electron chi connectivity index (χ4n) is 5.01. The van der Waals surface area contributed by atoms with Crippen molar-refractivity contribution < 1.29 is 28.2 Å². The van der Waals surface area contributed by atoms with Gasteiger partial charge in [-0.1, -0.05) is 6.07 Å². The van der Waals surface area contributed by atoms with Gasteiger partial charge in [0.25, 0.3) is 5.91 Å². The molecule has 0 bridgehead atoms. The van der Waals surface area contributed by atoms with Gasteiger partial charge in [0.2, 0.25) is 5.43 Å². The normalized spacial score (nSPS) is 21.6. The van der Waals surface area contributed by atoms with Crippen molar-refractivity contribution in [2.24, 2.45) is 5.92 Å². The summed E-state index contributed by atoms with van der Waals surface area (Å²) in [5.41, 5.74) is -1.68. The Labute approximate surface area is 189 Å². The number of aromatic nitrogens is 1. The fourth-order valence-corrected chi connectivity index (χ4v) is 5.01. The molecule has 2 aromatic rings. The molecule has 0 saturated heterocycles. The number of ketones is 1. The van der Waals surface area contributed by atoms with E-state index in [0.717, 1.165) is 12.1 Å². The number of Topliss-reactive ketones (excluding diaryl/α,β-unsaturated/α-hetero) is 1. The first-order valence-electron chi connectivity index (χ1n) is 10.9. The van der Waals surface area contributed by atoms with E-state index in [1.54, 1.807) is 12.0 Å². The number of rotatable bonds is 7. The molecule has 33 heavy (non-hydrogen) atoms. The van der Waals surface area contributed by atoms with Crippen molar-refractivity contribution in [3.63, 3.8) is 0 Å². The number of methoxy groups -OCH3 is 1. The van der Waals surface area contributed by atoms with E-state index in [9.17, 15) is 28.3 Å². The number of benzene rings is 1. The molecule has 1 aromatic carbocycles. The molecule has 1 N–H and O–H groups in total. The second-order valence-electron chi connectivity index (χ2n) is 9.08. The Hall–Kier alpha value is -3.07. The minimum atomic E-state index is -0.928. The Kier molecular flexibility index (Phi) is 5.86. The van der Waals surface area contributed by atoms with Crippen LogP contribution in [0.5, 0.6) is 5.75 Å². The number of aromatic hydroxyl groups is 1. The smallest absolute Gasteiger partial charge is 0.275 e. The van der Waals surface area contributed by atoms with Gasteiger partial charge < -0.3 is 19.3 Å². The van der Waals surface area contributed by atoms with Crippen LogP contribution in [0.4, 0.5) is 8.78 Å². The number of fused-ring (bicyclic) bond motifs is 1. The van der Waals surface area contributed by atoms with Crippen LogP contribution >= 0.6 is 0 Å². The third kappa shape index (κ3) is 3.84. The Morgan fingerprint density at radius 1 is 1.30 bits per heavy atom. The van der Waals surface area contributed by atoms with Gasteiger partial charge in [0.05, 0.1) is 17.7 Å². The SMILES string of the molecule is COCC1CC12Cn1cc(C(=O)CCc3ccc(F)cc3F)c(=O)c(O)c1C(=O)N2C(C)C. The summed E-state index contributed by atoms with van der Waals surface area (Å²) in [5, 5.41) is 10.6. The first-order chi connectivity index (χ1) is 15.6. The Morgan fingerprint density at radius 2 is 2.03 bits per heavy atom. The number of carbonyl (C=O) groups is 2. The van der Waals surface area contributed by atoms with E-state index >= 15 is 0 Å². The molecule has 0 radical (unpaired) electrons. The zero-order valence-electron chi connectivity index (χ0n) is 18.7. The van der Waals surface area contributed by atoms with Gasteiger partial charge in [-0.2, -0.15) is 0 Å². The van der Waals surface area contributed by atoms with E-state index in [4.69, 9.17) is 4.74 Å². The van der Waals surface area contributed by atoms with Gasteiger partial charge >= 0.3 is 0 Å². The molecule has 2 atom stereocenters. The topological polar surface area (TPSA) is 88.8 Å². The number of nitrogens with zero attached hydrogens (tertiary/aromatic N) is 2. The lowest BCUT2D eigenvalue weighted by Crippen LogP contribution is -2.55. The average Bonchev–Trinajstić information content (AvgIpc) is 3.40. The zero-order chi connectivity index (χ0) is 24.1. The summed E-state index contributed by atoms with van der Waals surface area (Å²) >= 11 is 0. The molecule has 1 saturated carbocycles. The molecule has 1 aliphatic heterocycles. The van der Waals surface area contributed by atoms with Crippen LogP contribution < -0.4 is 5.43 Å². The molecule has 4 rings (SSSR count). The highest BCUT2D eigenvalue weighted by Crippen LogP contribution is 2.53. The average molecular weight is 460 g/mol. The standard InChI is InChI=1S/C24H26F2N2O5/c1-13(2)28-23(32)20-22(31)21(30)17(10-27(20)12-24(28)9-15(24)11-33-3)19(29)7-5-14-4-6-16(25)8-18(14)26/h4,6,8,10,13,15,31H,5,7,9,11-12H2,1-3H3. The molecule has 2 heterocycles. The lowest BCUT2D eigenvalue weighted by Gasteiger charge is -2.42. The molecule has 1 aliphatic carbocycles. The van der Waals surface area contributed by atoms with Gasteiger partial charge in [-0.15, -0.1) is 0 Å². The van der Waals surface area contributed by atoms with Crippen LogP contribution in [0.3, 0.4) is 0 Å². The van der Waals surface area contributed by atoms with Crippen molar-refractivity contribution in [3.8, 4) is 5.75 Å². The lowest BCUT2D eigenvalue weighted by atomic mass is 9.99. The van der Waals surface area contributed by atoms with Crippen LogP contribution in [0.25, 0.3) is 0 Å². The maximum Gasteiger partial charge on any atom is 0.275 e. The van der Waals surface area contributed by atoms with Crippen molar-refractivity contribution in [2.75, 3.05) is 13.7 Å². The summed E-state index contributed by atoms with van der Waals surface area (Å²) in [7, 11) is 1.59. The Balaban J connectivity index is 1.66. The summed E-state index contributed by atoms with van der Waals surface area (Å²) in [4.78, 5) is 40.6. The van der Waals surface area contributed by atoms with Crippen LogP contribution in [-0.4, -0.2) is 51.6 Å². The summed E-state index contributed by atoms with van der Waals surface area (Å²) < 4.78 is 33.8. The van der Waals surface area contributed by atoms with E-state index in [1.165, 1.54) is 16.8 Å². The fraction of sp³-hybridized carbons (Fsp3) is 0.458. The summed E-state index contributed by atoms with van der Waals surface area (Å²) in [5.74, 6) is -3.20. The minimum absolute atomic E-state index is 0.0349. The summed E-state index contributed by atoms with van der Waals surface area (Å²) in [6.07, 6.45) is 1.79. The Bertz CT molecular complexity index is 1190. The van der Waals surface area contributed by atoms with Crippen LogP contribution in [-0.2, 0) is 17.7 Å². The second-order valence-corrected chi connectivity index (χ2v) is 9.08. The lowest BCUT2D eigenvalue weighted by molar-refractivity contribution is 0.0377. The third-order valence-electron chi connectivity index (χ3n) is 6.62. The maximum atomic E-state index is 13.9. The molecular formula is C24H26F2N2O5. The quantitative estimate of drug-likeness (QED) is 0.642. The molecule has 1 fully saturated rings. The summed E-state index contributed by atoms with van der Waals surface area (Å²) in [6.45, 7) is 4.53. The number of halogens is 2. The molecule has 7 nitrogen and oxygen atoms in total. The largest absolute Gasteiger partial charge is 0.503 e. The van der Waals surface area contributed by atoms with E-state index in [0.29, 0.717) is 19.6 Å². The molecular weight excluding hydrogens is 434 g/mol. The number of carbonyl (C=O) groups excluding carboxylic acids is 2. The van der Waals surface area contributed by atoms with Gasteiger partial charge in [0.1, 0.15) is 11.6 Å². The number of aryl methyl sites for hydroxylation is 1. The molecule has 1 amide bonds. The van der Waals surface area contributed by atoms with Crippen molar-refractivity contribution in [1.29, 1.82) is 0 Å². The van der Waals surface area contributed by atoms with Gasteiger partial charge in [-0.25, -0.2) is 8.78 Å². The highest BCUT2D eigenvalue weighted by Gasteiger charge is 2.63. The number of ether oxygens (including phenoxy) is 1. The van der Waals surface area contributed by atoms with Crippen molar-refractivity contribution in [2.45, 2.75) is 51.2 Å². The van der Waals surface area contributed by atoms with Gasteiger partial charge in [-0.3, -0.25) is 14.4 Å². The first-order valence-corrected chi connectivity index (χ1v) is 10.9. The van der Waals surface area contributed by atoms with E-state index in [1.807, 2.05) is 13.8 Å². The molecule has 1 aromatic heterocycles. The molecule has 2 aliphatic rings. The van der Waals surface area contributed by atoms with Crippen molar-refractivity contribution in [1.82, 2.24) is 9.47 Å². The maximum absolute atomic E-state index is 13.9. The van der Waals surface area contributed by atoms with E-state index in [-0.39, 0.29) is 41.6 Å². The number of amides is 1. The van der Waals surface area contributed by atoms with Gasteiger partial charge in [-0.05, 0) is 38.3 Å². The van der Waals surface area contributed by atoms with E-state index < -0.39 is 40.0 Å². The van der Waals surface area contributed by atoms with Crippen molar-refractivity contribution >= 4 is 11.7 Å². The second kappa shape index (κ2) is 8.37. The Morgan fingerprint density at radius 3 is 2.67 bits per heavy atom. The van der Waals surface area contributed by atoms with Gasteiger partial charge in [0, 0.05) is 44.3 Å². The summed E-state index contributed by atoms with van der Waals surface area (Å²) in [6, 6.07) is 2.92. The zero-order valence-corrected chi connectivity index (χ0v) is 18.7. The van der Waals surface area contributed by atoms with Crippen LogP contribution in [0.2, 0.25) is 0 Å². The predicted octanol–water partition coefficient (Wildman–Crippen LogP) is 2.92. The van der Waals surface area contributed by atoms with Crippen LogP contribution in [0, 0.1) is 17.6 Å². The minimum Gasteiger partial charge on any atom is -0.503 e. The number of hydrogen-bond donors (Lipinski definition) is 1. The molecule has 2 unspecified atom stereocenters. The van der Waals surface area contributed by atoms with E-state index in [2.05, 4.69) is 0 Å². The third-order valence-corrected chi connectivity index (χ3v) is 6.62. The van der Waals surface area contributed by atoms with Crippen LogP contribution in [0.15, 0.2) is 29.2 Å². The molecule has 9 heteroatoms. The number of pyridine rings is 1. The first kappa shape index (κ1) is 23.1. The van der Waals surface area contributed by atoms with Crippen molar-refractivity contribution in [3.05, 3.63) is 63.1 Å². The molecule has 176 valence electrons. The number of hydrogen-bond acceptors (Lipinski definition) is 5. The van der Waals surface area contributed by atoms with Crippen LogP contribution in [0.1, 0.15) is 53.1 Å². The molecule has 1 spiro atoms. The highest BCUT2D eigenvalue weighted by molar-refractivity contribution is 6.00.